The van der Waals surface area contributed by atoms with Crippen molar-refractivity contribution in [2.75, 3.05) is 0 Å². The van der Waals surface area contributed by atoms with Crippen molar-refractivity contribution in [2.24, 2.45) is 5.92 Å². The third-order valence-corrected chi connectivity index (χ3v) is 2.89. The Balaban J connectivity index is 2.00. The summed E-state index contributed by atoms with van der Waals surface area (Å²) in [6.07, 6.45) is 7.89. The third kappa shape index (κ3) is 1.48. The molecular formula is C9H13ClN2. The molecule has 0 aliphatic heterocycles. The second kappa shape index (κ2) is 3.48. The molecule has 1 aromatic rings. The summed E-state index contributed by atoms with van der Waals surface area (Å²) in [5.74, 6) is 1.45. The van der Waals surface area contributed by atoms with Crippen LogP contribution in [0, 0.1) is 5.92 Å². The second-order valence-electron chi connectivity index (χ2n) is 3.47. The van der Waals surface area contributed by atoms with E-state index in [2.05, 4.69) is 9.55 Å². The van der Waals surface area contributed by atoms with Crippen LogP contribution in [0.3, 0.4) is 0 Å². The minimum absolute atomic E-state index is 0.576. The molecule has 1 aliphatic carbocycles. The number of hydrogen-bond acceptors (Lipinski definition) is 1. The van der Waals surface area contributed by atoms with E-state index in [0.29, 0.717) is 5.88 Å². The Hall–Kier alpha value is -0.500. The number of rotatable bonds is 3. The summed E-state index contributed by atoms with van der Waals surface area (Å²) in [4.78, 5) is 4.08. The lowest BCUT2D eigenvalue weighted by atomic mass is 9.85. The molecule has 1 aliphatic rings. The fraction of sp³-hybridized carbons (Fsp3) is 0.667. The van der Waals surface area contributed by atoms with Crippen LogP contribution in [0.4, 0.5) is 0 Å². The van der Waals surface area contributed by atoms with Crippen LogP contribution in [0.25, 0.3) is 0 Å². The Kier molecular flexibility index (Phi) is 2.35. The zero-order valence-electron chi connectivity index (χ0n) is 7.04. The summed E-state index contributed by atoms with van der Waals surface area (Å²) >= 11 is 5.76. The number of halogens is 1. The molecule has 0 aromatic carbocycles. The summed E-state index contributed by atoms with van der Waals surface area (Å²) in [5.41, 5.74) is 1.14. The van der Waals surface area contributed by atoms with Crippen LogP contribution < -0.4 is 0 Å². The molecule has 1 aromatic heterocycles. The molecular weight excluding hydrogens is 172 g/mol. The van der Waals surface area contributed by atoms with Crippen molar-refractivity contribution in [3.63, 3.8) is 0 Å². The first kappa shape index (κ1) is 8.11. The van der Waals surface area contributed by atoms with E-state index in [1.807, 2.05) is 12.5 Å². The number of alkyl halides is 1. The first-order valence-electron chi connectivity index (χ1n) is 4.45. The van der Waals surface area contributed by atoms with Crippen LogP contribution in [-0.2, 0) is 12.4 Å². The van der Waals surface area contributed by atoms with Crippen molar-refractivity contribution in [1.29, 1.82) is 0 Å². The molecule has 1 heterocycles. The van der Waals surface area contributed by atoms with E-state index in [-0.39, 0.29) is 0 Å². The van der Waals surface area contributed by atoms with Gasteiger partial charge in [0, 0.05) is 12.7 Å². The molecule has 2 rings (SSSR count). The molecule has 0 unspecified atom stereocenters. The molecule has 12 heavy (non-hydrogen) atoms. The molecule has 0 N–H and O–H groups in total. The maximum Gasteiger partial charge on any atom is 0.0948 e. The van der Waals surface area contributed by atoms with E-state index in [1.165, 1.54) is 19.3 Å². The molecule has 0 atom stereocenters. The normalized spacial score (nSPS) is 17.8. The topological polar surface area (TPSA) is 17.8 Å². The number of aromatic nitrogens is 2. The summed E-state index contributed by atoms with van der Waals surface area (Å²) in [7, 11) is 0. The average Bonchev–Trinajstić information content (AvgIpc) is 2.43. The monoisotopic (exact) mass is 184 g/mol. The Morgan fingerprint density at radius 2 is 2.42 bits per heavy atom. The van der Waals surface area contributed by atoms with E-state index in [4.69, 9.17) is 11.6 Å². The van der Waals surface area contributed by atoms with Crippen LogP contribution in [0.5, 0.6) is 0 Å². The molecule has 3 heteroatoms. The molecule has 0 amide bonds. The van der Waals surface area contributed by atoms with Gasteiger partial charge in [-0.3, -0.25) is 0 Å². The minimum Gasteiger partial charge on any atom is -0.333 e. The van der Waals surface area contributed by atoms with Crippen molar-refractivity contribution in [3.8, 4) is 0 Å². The highest BCUT2D eigenvalue weighted by Crippen LogP contribution is 2.28. The van der Waals surface area contributed by atoms with Crippen molar-refractivity contribution >= 4 is 11.6 Å². The van der Waals surface area contributed by atoms with E-state index < -0.39 is 0 Å². The molecule has 1 saturated carbocycles. The van der Waals surface area contributed by atoms with Crippen molar-refractivity contribution in [2.45, 2.75) is 31.7 Å². The molecule has 0 saturated heterocycles. The van der Waals surface area contributed by atoms with Crippen molar-refractivity contribution in [3.05, 3.63) is 18.2 Å². The largest absolute Gasteiger partial charge is 0.333 e. The second-order valence-corrected chi connectivity index (χ2v) is 3.74. The van der Waals surface area contributed by atoms with Crippen molar-refractivity contribution < 1.29 is 0 Å². The van der Waals surface area contributed by atoms with Gasteiger partial charge < -0.3 is 4.57 Å². The molecule has 0 radical (unpaired) electrons. The van der Waals surface area contributed by atoms with E-state index in [9.17, 15) is 0 Å². The summed E-state index contributed by atoms with van der Waals surface area (Å²) < 4.78 is 2.18. The van der Waals surface area contributed by atoms with Gasteiger partial charge in [-0.1, -0.05) is 6.42 Å². The quantitative estimate of drug-likeness (QED) is 0.660. The van der Waals surface area contributed by atoms with Gasteiger partial charge >= 0.3 is 0 Å². The van der Waals surface area contributed by atoms with Crippen LogP contribution >= 0.6 is 11.6 Å². The Morgan fingerprint density at radius 1 is 1.58 bits per heavy atom. The zero-order valence-corrected chi connectivity index (χ0v) is 7.80. The highest BCUT2D eigenvalue weighted by atomic mass is 35.5. The standard InChI is InChI=1S/C9H13ClN2/c10-4-9-5-11-7-12(9)6-8-2-1-3-8/h5,7-8H,1-4,6H2. The Morgan fingerprint density at radius 3 is 3.00 bits per heavy atom. The van der Waals surface area contributed by atoms with Crippen LogP contribution in [0.1, 0.15) is 25.0 Å². The lowest BCUT2D eigenvalue weighted by Crippen LogP contribution is -2.18. The van der Waals surface area contributed by atoms with Gasteiger partial charge in [0.2, 0.25) is 0 Å². The van der Waals surface area contributed by atoms with Gasteiger partial charge in [-0.05, 0) is 18.8 Å². The summed E-state index contributed by atoms with van der Waals surface area (Å²) in [5, 5.41) is 0. The predicted molar refractivity (Wildman–Crippen MR) is 49.1 cm³/mol. The average molecular weight is 185 g/mol. The zero-order chi connectivity index (χ0) is 8.39. The fourth-order valence-corrected chi connectivity index (χ4v) is 1.80. The van der Waals surface area contributed by atoms with Crippen LogP contribution in [0.15, 0.2) is 12.5 Å². The number of nitrogens with zero attached hydrogens (tertiary/aromatic N) is 2. The third-order valence-electron chi connectivity index (χ3n) is 2.62. The maximum atomic E-state index is 5.76. The summed E-state index contributed by atoms with van der Waals surface area (Å²) in [6, 6.07) is 0. The Bertz CT molecular complexity index is 253. The lowest BCUT2D eigenvalue weighted by Gasteiger charge is -2.26. The van der Waals surface area contributed by atoms with Gasteiger partial charge in [0.05, 0.1) is 17.9 Å². The molecule has 0 spiro atoms. The van der Waals surface area contributed by atoms with Gasteiger partial charge in [0.1, 0.15) is 0 Å². The van der Waals surface area contributed by atoms with Crippen molar-refractivity contribution in [1.82, 2.24) is 9.55 Å². The minimum atomic E-state index is 0.576. The van der Waals surface area contributed by atoms with Gasteiger partial charge in [-0.15, -0.1) is 11.6 Å². The molecule has 1 fully saturated rings. The maximum absolute atomic E-state index is 5.76. The SMILES string of the molecule is ClCc1cncn1CC1CCC1. The molecule has 0 bridgehead atoms. The van der Waals surface area contributed by atoms with Gasteiger partial charge in [-0.2, -0.15) is 0 Å². The highest BCUT2D eigenvalue weighted by molar-refractivity contribution is 6.16. The van der Waals surface area contributed by atoms with E-state index in [0.717, 1.165) is 18.2 Å². The fourth-order valence-electron chi connectivity index (χ4n) is 1.58. The van der Waals surface area contributed by atoms with Gasteiger partial charge in [0.15, 0.2) is 0 Å². The van der Waals surface area contributed by atoms with E-state index in [1.54, 1.807) is 0 Å². The summed E-state index contributed by atoms with van der Waals surface area (Å²) in [6.45, 7) is 1.11. The Labute approximate surface area is 77.6 Å². The highest BCUT2D eigenvalue weighted by Gasteiger charge is 2.18. The molecule has 2 nitrogen and oxygen atoms in total. The van der Waals surface area contributed by atoms with Gasteiger partial charge in [-0.25, -0.2) is 4.98 Å². The van der Waals surface area contributed by atoms with Gasteiger partial charge in [0.25, 0.3) is 0 Å². The van der Waals surface area contributed by atoms with Crippen LogP contribution in [-0.4, -0.2) is 9.55 Å². The first-order valence-corrected chi connectivity index (χ1v) is 4.98. The predicted octanol–water partition coefficient (Wildman–Crippen LogP) is 2.42. The molecule has 66 valence electrons. The number of hydrogen-bond donors (Lipinski definition) is 0. The smallest absolute Gasteiger partial charge is 0.0948 e. The lowest BCUT2D eigenvalue weighted by molar-refractivity contribution is 0.274. The van der Waals surface area contributed by atoms with Crippen LogP contribution in [0.2, 0.25) is 0 Å². The van der Waals surface area contributed by atoms with E-state index >= 15 is 0 Å². The number of imidazole rings is 1. The first-order chi connectivity index (χ1) is 5.90.